The van der Waals surface area contributed by atoms with Gasteiger partial charge in [0.2, 0.25) is 5.82 Å². The van der Waals surface area contributed by atoms with Crippen LogP contribution in [0.25, 0.3) is 11.4 Å². The van der Waals surface area contributed by atoms with Gasteiger partial charge in [-0.25, -0.2) is 0 Å². The fourth-order valence-corrected chi connectivity index (χ4v) is 2.08. The van der Waals surface area contributed by atoms with Gasteiger partial charge in [0.15, 0.2) is 0 Å². The summed E-state index contributed by atoms with van der Waals surface area (Å²) in [5.74, 6) is 1.26. The summed E-state index contributed by atoms with van der Waals surface area (Å²) in [5, 5.41) is 21.8. The van der Waals surface area contributed by atoms with E-state index in [9.17, 15) is 0 Å². The minimum absolute atomic E-state index is 0.185. The molecule has 3 aromatic rings. The molecule has 0 saturated carbocycles. The maximum atomic E-state index is 8.88. The molecule has 0 aliphatic carbocycles. The molecule has 20 heavy (non-hydrogen) atoms. The van der Waals surface area contributed by atoms with E-state index in [4.69, 9.17) is 14.4 Å². The third-order valence-electron chi connectivity index (χ3n) is 2.43. The van der Waals surface area contributed by atoms with Crippen molar-refractivity contribution in [3.8, 4) is 22.3 Å². The van der Waals surface area contributed by atoms with Crippen LogP contribution in [0.3, 0.4) is 0 Å². The van der Waals surface area contributed by atoms with E-state index in [0.717, 1.165) is 10.6 Å². The Bertz CT molecular complexity index is 708. The van der Waals surface area contributed by atoms with Crippen LogP contribution in [0.5, 0.6) is 10.9 Å². The molecule has 0 radical (unpaired) electrons. The molecule has 0 spiro atoms. The summed E-state index contributed by atoms with van der Waals surface area (Å²) in [6, 6.07) is 7.16. The number of aliphatic hydroxyl groups is 1. The summed E-state index contributed by atoms with van der Waals surface area (Å²) < 4.78 is 10.4. The Morgan fingerprint density at radius 1 is 1.25 bits per heavy atom. The molecule has 1 N–H and O–H groups in total. The van der Waals surface area contributed by atoms with E-state index in [1.54, 1.807) is 24.3 Å². The van der Waals surface area contributed by atoms with Crippen molar-refractivity contribution >= 4 is 11.3 Å². The Labute approximate surface area is 117 Å². The highest BCUT2D eigenvalue weighted by Gasteiger charge is 2.08. The molecule has 0 fully saturated rings. The number of ether oxygens (including phenoxy) is 1. The minimum Gasteiger partial charge on any atom is -0.430 e. The predicted molar refractivity (Wildman–Crippen MR) is 70.4 cm³/mol. The fraction of sp³-hybridized carbons (Fsp3) is 0.167. The molecule has 102 valence electrons. The first-order valence-corrected chi connectivity index (χ1v) is 6.58. The van der Waals surface area contributed by atoms with Crippen molar-refractivity contribution in [2.45, 2.75) is 13.5 Å². The summed E-state index contributed by atoms with van der Waals surface area (Å²) in [7, 11) is 0. The highest BCUT2D eigenvalue weighted by atomic mass is 32.1. The molecule has 2 heterocycles. The Balaban J connectivity index is 1.77. The molecule has 0 unspecified atom stereocenters. The summed E-state index contributed by atoms with van der Waals surface area (Å²) in [6.45, 7) is 1.59. The van der Waals surface area contributed by atoms with E-state index in [1.807, 2.05) is 6.92 Å². The lowest BCUT2D eigenvalue weighted by molar-refractivity contribution is 0.222. The molecule has 3 rings (SSSR count). The van der Waals surface area contributed by atoms with Crippen LogP contribution in [0.2, 0.25) is 0 Å². The Hall–Kier alpha value is -2.32. The van der Waals surface area contributed by atoms with Gasteiger partial charge >= 0.3 is 0 Å². The van der Waals surface area contributed by atoms with Crippen molar-refractivity contribution in [3.05, 3.63) is 35.2 Å². The standard InChI is InChI=1S/C12H10N4O3S/c1-7-14-15-12(20-7)18-9-4-2-8(3-5-9)11-13-10(6-17)19-16-11/h2-5,17H,6H2,1H3. The number of hydrogen-bond acceptors (Lipinski definition) is 8. The van der Waals surface area contributed by atoms with Gasteiger partial charge in [-0.2, -0.15) is 4.98 Å². The molecule has 0 saturated heterocycles. The lowest BCUT2D eigenvalue weighted by atomic mass is 10.2. The SMILES string of the molecule is Cc1nnc(Oc2ccc(-c3noc(CO)n3)cc2)s1. The molecular formula is C12H10N4O3S. The molecule has 0 aliphatic rings. The van der Waals surface area contributed by atoms with Gasteiger partial charge in [0, 0.05) is 5.56 Å². The lowest BCUT2D eigenvalue weighted by Gasteiger charge is -2.01. The summed E-state index contributed by atoms with van der Waals surface area (Å²) >= 11 is 1.38. The van der Waals surface area contributed by atoms with Gasteiger partial charge in [0.1, 0.15) is 17.4 Å². The summed E-state index contributed by atoms with van der Waals surface area (Å²) in [6.07, 6.45) is 0. The van der Waals surface area contributed by atoms with Gasteiger partial charge in [-0.1, -0.05) is 21.6 Å². The Morgan fingerprint density at radius 2 is 2.05 bits per heavy atom. The number of rotatable bonds is 4. The van der Waals surface area contributed by atoms with E-state index < -0.39 is 0 Å². The van der Waals surface area contributed by atoms with Crippen molar-refractivity contribution in [2.24, 2.45) is 0 Å². The number of aromatic nitrogens is 4. The molecule has 2 aromatic heterocycles. The smallest absolute Gasteiger partial charge is 0.299 e. The van der Waals surface area contributed by atoms with Crippen LogP contribution in [0.15, 0.2) is 28.8 Å². The van der Waals surface area contributed by atoms with Crippen LogP contribution >= 0.6 is 11.3 Å². The fourth-order valence-electron chi connectivity index (χ4n) is 1.53. The first-order chi connectivity index (χ1) is 9.74. The molecule has 1 aromatic carbocycles. The van der Waals surface area contributed by atoms with E-state index >= 15 is 0 Å². The van der Waals surface area contributed by atoms with Gasteiger partial charge in [-0.3, -0.25) is 0 Å². The Kier molecular flexibility index (Phi) is 3.40. The van der Waals surface area contributed by atoms with Crippen molar-refractivity contribution in [2.75, 3.05) is 0 Å². The number of benzene rings is 1. The Morgan fingerprint density at radius 3 is 2.65 bits per heavy atom. The van der Waals surface area contributed by atoms with Crippen LogP contribution < -0.4 is 4.74 Å². The zero-order chi connectivity index (χ0) is 13.9. The normalized spacial score (nSPS) is 10.7. The zero-order valence-electron chi connectivity index (χ0n) is 10.5. The topological polar surface area (TPSA) is 94.2 Å². The first kappa shape index (κ1) is 12.7. The van der Waals surface area contributed by atoms with Gasteiger partial charge in [0.05, 0.1) is 0 Å². The summed E-state index contributed by atoms with van der Waals surface area (Å²) in [4.78, 5) is 4.03. The van der Waals surface area contributed by atoms with Crippen molar-refractivity contribution in [1.82, 2.24) is 20.3 Å². The molecule has 0 aliphatic heterocycles. The van der Waals surface area contributed by atoms with Crippen LogP contribution in [0.4, 0.5) is 0 Å². The number of nitrogens with zero attached hydrogens (tertiary/aromatic N) is 4. The van der Waals surface area contributed by atoms with E-state index in [-0.39, 0.29) is 12.5 Å². The average Bonchev–Trinajstić information content (AvgIpc) is 3.09. The lowest BCUT2D eigenvalue weighted by Crippen LogP contribution is -1.86. The third kappa shape index (κ3) is 2.65. The van der Waals surface area contributed by atoms with Crippen LogP contribution in [-0.4, -0.2) is 25.4 Å². The molecule has 0 amide bonds. The second-order valence-corrected chi connectivity index (χ2v) is 5.03. The van der Waals surface area contributed by atoms with Gasteiger partial charge in [0.25, 0.3) is 11.1 Å². The number of aliphatic hydroxyl groups excluding tert-OH is 1. The second kappa shape index (κ2) is 5.35. The highest BCUT2D eigenvalue weighted by Crippen LogP contribution is 2.26. The monoisotopic (exact) mass is 290 g/mol. The molecule has 8 heteroatoms. The van der Waals surface area contributed by atoms with E-state index in [0.29, 0.717) is 16.8 Å². The van der Waals surface area contributed by atoms with Gasteiger partial charge in [-0.05, 0) is 31.2 Å². The second-order valence-electron chi connectivity index (χ2n) is 3.88. The van der Waals surface area contributed by atoms with Gasteiger partial charge < -0.3 is 14.4 Å². The minimum atomic E-state index is -0.273. The molecule has 7 nitrogen and oxygen atoms in total. The largest absolute Gasteiger partial charge is 0.430 e. The zero-order valence-corrected chi connectivity index (χ0v) is 11.3. The maximum absolute atomic E-state index is 8.88. The molecular weight excluding hydrogens is 280 g/mol. The van der Waals surface area contributed by atoms with Gasteiger partial charge in [-0.15, -0.1) is 5.10 Å². The van der Waals surface area contributed by atoms with Crippen molar-refractivity contribution in [1.29, 1.82) is 0 Å². The highest BCUT2D eigenvalue weighted by molar-refractivity contribution is 7.13. The van der Waals surface area contributed by atoms with Crippen molar-refractivity contribution < 1.29 is 14.4 Å². The van der Waals surface area contributed by atoms with Crippen LogP contribution in [0, 0.1) is 6.92 Å². The van der Waals surface area contributed by atoms with E-state index in [1.165, 1.54) is 11.3 Å². The molecule has 0 bridgehead atoms. The third-order valence-corrected chi connectivity index (χ3v) is 3.15. The molecule has 0 atom stereocenters. The first-order valence-electron chi connectivity index (χ1n) is 5.76. The van der Waals surface area contributed by atoms with Crippen LogP contribution in [0.1, 0.15) is 10.9 Å². The maximum Gasteiger partial charge on any atom is 0.299 e. The average molecular weight is 290 g/mol. The number of hydrogen-bond donors (Lipinski definition) is 1. The van der Waals surface area contributed by atoms with Crippen LogP contribution in [-0.2, 0) is 6.61 Å². The number of aryl methyl sites for hydroxylation is 1. The summed E-state index contributed by atoms with van der Waals surface area (Å²) in [5.41, 5.74) is 0.772. The quantitative estimate of drug-likeness (QED) is 0.786. The van der Waals surface area contributed by atoms with Crippen molar-refractivity contribution in [3.63, 3.8) is 0 Å². The van der Waals surface area contributed by atoms with E-state index in [2.05, 4.69) is 20.3 Å². The predicted octanol–water partition coefficient (Wildman–Crippen LogP) is 2.18.